The minimum absolute atomic E-state index is 0.386. The smallest absolute Gasteiger partial charge is 0.0555 e. The Kier molecular flexibility index (Phi) is 4.94. The van der Waals surface area contributed by atoms with Gasteiger partial charge in [-0.3, -0.25) is 9.11 Å². The third kappa shape index (κ3) is 3.67. The van der Waals surface area contributed by atoms with Gasteiger partial charge in [0.15, 0.2) is 0 Å². The van der Waals surface area contributed by atoms with Crippen molar-refractivity contribution in [2.45, 2.75) is 6.54 Å². The van der Waals surface area contributed by atoms with E-state index in [0.29, 0.717) is 6.54 Å². The Hall–Kier alpha value is -1.15. The number of benzene rings is 1. The first-order valence-corrected chi connectivity index (χ1v) is 7.62. The van der Waals surface area contributed by atoms with E-state index in [4.69, 9.17) is 5.73 Å². The second kappa shape index (κ2) is 6.69. The van der Waals surface area contributed by atoms with E-state index in [2.05, 4.69) is 22.8 Å². The molecular formula is C14H18N2OS. The Morgan fingerprint density at radius 1 is 1.28 bits per heavy atom. The molecule has 0 aliphatic carbocycles. The van der Waals surface area contributed by atoms with Crippen molar-refractivity contribution in [3.8, 4) is 11.8 Å². The predicted octanol–water partition coefficient (Wildman–Crippen LogP) is 0.561. The van der Waals surface area contributed by atoms with Crippen LogP contribution in [0.5, 0.6) is 0 Å². The molecule has 1 aliphatic heterocycles. The van der Waals surface area contributed by atoms with Gasteiger partial charge in [0.25, 0.3) is 0 Å². The fraction of sp³-hybridized carbons (Fsp3) is 0.429. The molecule has 1 aliphatic rings. The van der Waals surface area contributed by atoms with E-state index in [1.807, 2.05) is 18.2 Å². The van der Waals surface area contributed by atoms with Crippen molar-refractivity contribution in [1.82, 2.24) is 4.90 Å². The molecule has 0 saturated carbocycles. The zero-order valence-corrected chi connectivity index (χ0v) is 11.2. The highest BCUT2D eigenvalue weighted by Crippen LogP contribution is 2.12. The molecule has 0 unspecified atom stereocenters. The molecule has 96 valence electrons. The largest absolute Gasteiger partial charge is 0.320 e. The van der Waals surface area contributed by atoms with Crippen LogP contribution in [0, 0.1) is 11.8 Å². The lowest BCUT2D eigenvalue weighted by atomic mass is 10.1. The quantitative estimate of drug-likeness (QED) is 0.792. The van der Waals surface area contributed by atoms with Gasteiger partial charge in [0.2, 0.25) is 0 Å². The Morgan fingerprint density at radius 2 is 2.00 bits per heavy atom. The second-order valence-corrected chi connectivity index (χ2v) is 5.98. The summed E-state index contributed by atoms with van der Waals surface area (Å²) in [5, 5.41) is 0. The fourth-order valence-corrected chi connectivity index (χ4v) is 3.13. The highest BCUT2D eigenvalue weighted by molar-refractivity contribution is 7.85. The molecule has 0 aromatic heterocycles. The molecule has 0 atom stereocenters. The number of hydrogen-bond acceptors (Lipinski definition) is 3. The van der Waals surface area contributed by atoms with Crippen LogP contribution in [-0.4, -0.2) is 40.2 Å². The van der Waals surface area contributed by atoms with Gasteiger partial charge in [0.1, 0.15) is 0 Å². The summed E-state index contributed by atoms with van der Waals surface area (Å²) in [5.41, 5.74) is 7.69. The summed E-state index contributed by atoms with van der Waals surface area (Å²) in [6, 6.07) is 8.16. The first kappa shape index (κ1) is 13.3. The molecular weight excluding hydrogens is 244 g/mol. The first-order chi connectivity index (χ1) is 8.79. The highest BCUT2D eigenvalue weighted by Gasteiger charge is 2.15. The molecule has 0 bridgehead atoms. The van der Waals surface area contributed by atoms with Crippen molar-refractivity contribution in [3.05, 3.63) is 35.4 Å². The van der Waals surface area contributed by atoms with E-state index in [9.17, 15) is 4.21 Å². The molecule has 2 rings (SSSR count). The van der Waals surface area contributed by atoms with Gasteiger partial charge in [0, 0.05) is 47.5 Å². The summed E-state index contributed by atoms with van der Waals surface area (Å²) in [5.74, 6) is 7.59. The molecule has 4 heteroatoms. The standard InChI is InChI=1S/C14H18N2OS/c15-7-3-6-13-4-1-2-5-14(13)12-16-8-10-18(17)11-9-16/h1-2,4-5H,7-12,15H2. The van der Waals surface area contributed by atoms with E-state index < -0.39 is 10.8 Å². The molecule has 0 spiro atoms. The van der Waals surface area contributed by atoms with Crippen molar-refractivity contribution in [2.75, 3.05) is 31.1 Å². The van der Waals surface area contributed by atoms with Crippen LogP contribution in [0.1, 0.15) is 11.1 Å². The maximum atomic E-state index is 11.3. The predicted molar refractivity (Wildman–Crippen MR) is 75.5 cm³/mol. The fourth-order valence-electron chi connectivity index (χ4n) is 2.00. The summed E-state index contributed by atoms with van der Waals surface area (Å²) >= 11 is 0. The van der Waals surface area contributed by atoms with Crippen molar-refractivity contribution in [3.63, 3.8) is 0 Å². The van der Waals surface area contributed by atoms with Crippen molar-refractivity contribution in [1.29, 1.82) is 0 Å². The molecule has 1 fully saturated rings. The molecule has 1 aromatic rings. The molecule has 0 amide bonds. The number of rotatable bonds is 2. The van der Waals surface area contributed by atoms with Crippen LogP contribution in [0.2, 0.25) is 0 Å². The van der Waals surface area contributed by atoms with Gasteiger partial charge in [-0.05, 0) is 11.6 Å². The van der Waals surface area contributed by atoms with Gasteiger partial charge >= 0.3 is 0 Å². The topological polar surface area (TPSA) is 46.3 Å². The van der Waals surface area contributed by atoms with Gasteiger partial charge in [-0.2, -0.15) is 0 Å². The Bertz CT molecular complexity index is 480. The third-order valence-electron chi connectivity index (χ3n) is 3.01. The van der Waals surface area contributed by atoms with E-state index >= 15 is 0 Å². The second-order valence-electron chi connectivity index (χ2n) is 4.29. The van der Waals surface area contributed by atoms with Gasteiger partial charge in [-0.15, -0.1) is 0 Å². The van der Waals surface area contributed by atoms with Crippen LogP contribution in [0.25, 0.3) is 0 Å². The monoisotopic (exact) mass is 262 g/mol. The van der Waals surface area contributed by atoms with Crippen LogP contribution < -0.4 is 5.73 Å². The highest BCUT2D eigenvalue weighted by atomic mass is 32.2. The minimum Gasteiger partial charge on any atom is -0.320 e. The molecule has 3 nitrogen and oxygen atoms in total. The number of hydrogen-bond donors (Lipinski definition) is 1. The Morgan fingerprint density at radius 3 is 2.72 bits per heavy atom. The molecule has 1 aromatic carbocycles. The third-order valence-corrected chi connectivity index (χ3v) is 4.28. The van der Waals surface area contributed by atoms with Crippen LogP contribution in [0.3, 0.4) is 0 Å². The van der Waals surface area contributed by atoms with E-state index in [1.165, 1.54) is 5.56 Å². The molecule has 0 radical (unpaired) electrons. The summed E-state index contributed by atoms with van der Waals surface area (Å²) < 4.78 is 11.3. The average Bonchev–Trinajstić information content (AvgIpc) is 2.40. The molecule has 2 N–H and O–H groups in total. The van der Waals surface area contributed by atoms with Crippen molar-refractivity contribution < 1.29 is 4.21 Å². The van der Waals surface area contributed by atoms with Gasteiger partial charge < -0.3 is 5.73 Å². The molecule has 1 saturated heterocycles. The number of nitrogens with zero attached hydrogens (tertiary/aromatic N) is 1. The van der Waals surface area contributed by atoms with Gasteiger partial charge in [-0.1, -0.05) is 30.0 Å². The SMILES string of the molecule is NCC#Cc1ccccc1CN1CCS(=O)CC1. The lowest BCUT2D eigenvalue weighted by Gasteiger charge is -2.26. The lowest BCUT2D eigenvalue weighted by molar-refractivity contribution is 0.291. The zero-order chi connectivity index (χ0) is 12.8. The maximum absolute atomic E-state index is 11.3. The van der Waals surface area contributed by atoms with E-state index in [-0.39, 0.29) is 0 Å². The van der Waals surface area contributed by atoms with Crippen molar-refractivity contribution in [2.24, 2.45) is 5.73 Å². The van der Waals surface area contributed by atoms with Crippen LogP contribution in [-0.2, 0) is 17.3 Å². The molecule has 18 heavy (non-hydrogen) atoms. The lowest BCUT2D eigenvalue weighted by Crippen LogP contribution is -2.37. The summed E-state index contributed by atoms with van der Waals surface area (Å²) in [6.07, 6.45) is 0. The first-order valence-electron chi connectivity index (χ1n) is 6.14. The van der Waals surface area contributed by atoms with Crippen molar-refractivity contribution >= 4 is 10.8 Å². The Balaban J connectivity index is 2.06. The van der Waals surface area contributed by atoms with E-state index in [0.717, 1.165) is 36.7 Å². The molecule has 1 heterocycles. The summed E-state index contributed by atoms with van der Waals surface area (Å²) in [7, 11) is -0.615. The van der Waals surface area contributed by atoms with Crippen LogP contribution in [0.4, 0.5) is 0 Å². The van der Waals surface area contributed by atoms with Crippen LogP contribution in [0.15, 0.2) is 24.3 Å². The van der Waals surface area contributed by atoms with Gasteiger partial charge in [-0.25, -0.2) is 0 Å². The van der Waals surface area contributed by atoms with Gasteiger partial charge in [0.05, 0.1) is 6.54 Å². The Labute approximate surface area is 111 Å². The normalized spacial score (nSPS) is 17.2. The summed E-state index contributed by atoms with van der Waals surface area (Å²) in [4.78, 5) is 2.34. The maximum Gasteiger partial charge on any atom is 0.0555 e. The number of nitrogens with two attached hydrogens (primary N) is 1. The van der Waals surface area contributed by atoms with E-state index in [1.54, 1.807) is 0 Å². The van der Waals surface area contributed by atoms with Crippen LogP contribution >= 0.6 is 0 Å². The summed E-state index contributed by atoms with van der Waals surface area (Å²) in [6.45, 7) is 3.08. The minimum atomic E-state index is -0.615. The zero-order valence-electron chi connectivity index (χ0n) is 10.4. The average molecular weight is 262 g/mol.